The van der Waals surface area contributed by atoms with Crippen molar-refractivity contribution < 1.29 is 10.2 Å². The first kappa shape index (κ1) is 21.1. The molecule has 7 nitrogen and oxygen atoms in total. The minimum atomic E-state index is -0.692. The molecule has 32 heavy (non-hydrogen) atoms. The predicted octanol–water partition coefficient (Wildman–Crippen LogP) is 1.78. The average molecular weight is 435 g/mol. The third kappa shape index (κ3) is 4.28. The van der Waals surface area contributed by atoms with Crippen molar-refractivity contribution in [2.75, 3.05) is 31.1 Å². The van der Waals surface area contributed by atoms with Crippen molar-refractivity contribution in [1.29, 1.82) is 0 Å². The Morgan fingerprint density at radius 3 is 2.41 bits per heavy atom. The van der Waals surface area contributed by atoms with E-state index in [1.54, 1.807) is 0 Å². The second-order valence-electron chi connectivity index (χ2n) is 8.98. The van der Waals surface area contributed by atoms with E-state index in [0.29, 0.717) is 37.9 Å². The summed E-state index contributed by atoms with van der Waals surface area (Å²) < 4.78 is 1.42. The summed E-state index contributed by atoms with van der Waals surface area (Å²) >= 11 is 0. The van der Waals surface area contributed by atoms with Crippen LogP contribution < -0.4 is 10.5 Å². The fourth-order valence-corrected chi connectivity index (χ4v) is 4.92. The summed E-state index contributed by atoms with van der Waals surface area (Å²) in [6.07, 6.45) is 1.38. The number of nitrogens with zero attached hydrogens (tertiary/aromatic N) is 4. The number of hydrogen-bond donors (Lipinski definition) is 2. The Labute approximate surface area is 187 Å². The van der Waals surface area contributed by atoms with E-state index in [0.717, 1.165) is 30.7 Å². The number of anilines is 1. The minimum Gasteiger partial charge on any atom is -0.393 e. The van der Waals surface area contributed by atoms with Gasteiger partial charge in [-0.15, -0.1) is 0 Å². The van der Waals surface area contributed by atoms with E-state index in [1.807, 2.05) is 24.3 Å². The first-order valence-corrected chi connectivity index (χ1v) is 11.5. The smallest absolute Gasteiger partial charge is 0.274 e. The fourth-order valence-electron chi connectivity index (χ4n) is 4.92. The van der Waals surface area contributed by atoms with E-state index in [4.69, 9.17) is 0 Å². The molecule has 0 unspecified atom stereocenters. The zero-order valence-electron chi connectivity index (χ0n) is 18.2. The average Bonchev–Trinajstić information content (AvgIpc) is 2.81. The number of aromatic nitrogens is 2. The van der Waals surface area contributed by atoms with Gasteiger partial charge in [0.2, 0.25) is 0 Å². The molecule has 2 aliphatic rings. The third-order valence-electron chi connectivity index (χ3n) is 6.67. The maximum atomic E-state index is 13.1. The summed E-state index contributed by atoms with van der Waals surface area (Å²) in [5.74, 6) is 0.756. The number of hydrogen-bond acceptors (Lipinski definition) is 6. The van der Waals surface area contributed by atoms with Crippen LogP contribution in [0, 0.1) is 0 Å². The van der Waals surface area contributed by atoms with E-state index in [1.165, 1.54) is 15.8 Å². The van der Waals surface area contributed by atoms with Crippen LogP contribution in [0.1, 0.15) is 24.0 Å². The Morgan fingerprint density at radius 1 is 0.938 bits per heavy atom. The molecule has 2 aliphatic heterocycles. The van der Waals surface area contributed by atoms with Crippen LogP contribution in [0.2, 0.25) is 0 Å². The Hall–Kier alpha value is -2.74. The van der Waals surface area contributed by atoms with Crippen LogP contribution in [-0.2, 0) is 19.5 Å². The van der Waals surface area contributed by atoms with Gasteiger partial charge in [-0.1, -0.05) is 42.5 Å². The lowest BCUT2D eigenvalue weighted by atomic mass is 10.00. The third-order valence-corrected chi connectivity index (χ3v) is 6.67. The van der Waals surface area contributed by atoms with Gasteiger partial charge in [0.05, 0.1) is 24.1 Å². The molecule has 0 aliphatic carbocycles. The number of fused-ring (bicyclic) bond motifs is 2. The Bertz CT molecular complexity index is 1150. The summed E-state index contributed by atoms with van der Waals surface area (Å²) in [5.41, 5.74) is 2.51. The monoisotopic (exact) mass is 434 g/mol. The second kappa shape index (κ2) is 9.02. The number of aliphatic hydroxyl groups excluding tert-OH is 2. The highest BCUT2D eigenvalue weighted by Crippen LogP contribution is 2.25. The van der Waals surface area contributed by atoms with E-state index < -0.39 is 6.10 Å². The maximum Gasteiger partial charge on any atom is 0.274 e. The Balaban J connectivity index is 1.37. The van der Waals surface area contributed by atoms with Gasteiger partial charge in [0.25, 0.3) is 5.56 Å². The van der Waals surface area contributed by atoms with Crippen molar-refractivity contribution >= 4 is 16.6 Å². The molecule has 3 heterocycles. The van der Waals surface area contributed by atoms with Crippen LogP contribution in [0.4, 0.5) is 5.82 Å². The molecule has 0 radical (unpaired) electrons. The summed E-state index contributed by atoms with van der Waals surface area (Å²) in [6, 6.07) is 16.0. The first-order valence-electron chi connectivity index (χ1n) is 11.5. The van der Waals surface area contributed by atoms with Gasteiger partial charge in [0.15, 0.2) is 5.82 Å². The fraction of sp³-hybridized carbons (Fsp3) is 0.440. The second-order valence-corrected chi connectivity index (χ2v) is 8.98. The Morgan fingerprint density at radius 2 is 1.62 bits per heavy atom. The van der Waals surface area contributed by atoms with Crippen molar-refractivity contribution in [2.45, 2.75) is 44.6 Å². The number of aliphatic hydroxyl groups is 2. The molecule has 1 aromatic heterocycles. The van der Waals surface area contributed by atoms with Gasteiger partial charge in [-0.05, 0) is 36.5 Å². The normalized spacial score (nSPS) is 18.6. The quantitative estimate of drug-likeness (QED) is 0.637. The predicted molar refractivity (Wildman–Crippen MR) is 125 cm³/mol. The van der Waals surface area contributed by atoms with Gasteiger partial charge in [0, 0.05) is 38.1 Å². The lowest BCUT2D eigenvalue weighted by Crippen LogP contribution is -2.41. The zero-order valence-corrected chi connectivity index (χ0v) is 18.2. The van der Waals surface area contributed by atoms with Gasteiger partial charge < -0.3 is 15.1 Å². The Kier molecular flexibility index (Phi) is 5.95. The topological polar surface area (TPSA) is 81.8 Å². The number of piperidine rings is 1. The standard InChI is InChI=1S/C25H30N4O3/c30-20-10-13-28(14-11-20)24-22-7-3-4-8-23(22)25(32)29(26-24)17-21(31)16-27-12-9-18-5-1-2-6-19(18)15-27/h1-8,20-21,30-31H,9-17H2/t21-/m1/s1. The summed E-state index contributed by atoms with van der Waals surface area (Å²) in [6.45, 7) is 3.77. The highest BCUT2D eigenvalue weighted by Gasteiger charge is 2.23. The number of benzene rings is 2. The van der Waals surface area contributed by atoms with E-state index in [2.05, 4.69) is 39.2 Å². The van der Waals surface area contributed by atoms with Crippen LogP contribution in [0.5, 0.6) is 0 Å². The van der Waals surface area contributed by atoms with Gasteiger partial charge >= 0.3 is 0 Å². The lowest BCUT2D eigenvalue weighted by molar-refractivity contribution is 0.0878. The molecule has 168 valence electrons. The van der Waals surface area contributed by atoms with Gasteiger partial charge in [-0.3, -0.25) is 9.69 Å². The molecule has 7 heteroatoms. The molecule has 5 rings (SSSR count). The van der Waals surface area contributed by atoms with E-state index in [-0.39, 0.29) is 18.2 Å². The summed E-state index contributed by atoms with van der Waals surface area (Å²) in [4.78, 5) is 17.5. The van der Waals surface area contributed by atoms with Gasteiger partial charge in [-0.2, -0.15) is 5.10 Å². The van der Waals surface area contributed by atoms with Crippen LogP contribution >= 0.6 is 0 Å². The molecule has 1 fully saturated rings. The molecular weight excluding hydrogens is 404 g/mol. The molecule has 0 saturated carbocycles. The summed E-state index contributed by atoms with van der Waals surface area (Å²) in [7, 11) is 0. The van der Waals surface area contributed by atoms with Crippen LogP contribution in [0.15, 0.2) is 53.3 Å². The van der Waals surface area contributed by atoms with Crippen molar-refractivity contribution in [3.63, 3.8) is 0 Å². The molecular formula is C25H30N4O3. The van der Waals surface area contributed by atoms with Gasteiger partial charge in [-0.25, -0.2) is 4.68 Å². The molecule has 3 aromatic rings. The highest BCUT2D eigenvalue weighted by molar-refractivity contribution is 5.91. The zero-order chi connectivity index (χ0) is 22.1. The lowest BCUT2D eigenvalue weighted by Gasteiger charge is -2.32. The molecule has 0 bridgehead atoms. The van der Waals surface area contributed by atoms with Gasteiger partial charge in [0.1, 0.15) is 0 Å². The van der Waals surface area contributed by atoms with Crippen molar-refractivity contribution in [3.8, 4) is 0 Å². The van der Waals surface area contributed by atoms with E-state index in [9.17, 15) is 15.0 Å². The van der Waals surface area contributed by atoms with Crippen molar-refractivity contribution in [2.24, 2.45) is 0 Å². The SMILES string of the molecule is O=c1c2ccccc2c(N2CCC(O)CC2)nn1C[C@H](O)CN1CCc2ccccc2C1. The maximum absolute atomic E-state index is 13.1. The minimum absolute atomic E-state index is 0.158. The van der Waals surface area contributed by atoms with Crippen LogP contribution in [0.3, 0.4) is 0 Å². The van der Waals surface area contributed by atoms with E-state index >= 15 is 0 Å². The summed E-state index contributed by atoms with van der Waals surface area (Å²) in [5, 5.41) is 26.9. The first-order chi connectivity index (χ1) is 15.6. The molecule has 1 atom stereocenters. The number of rotatable bonds is 5. The largest absolute Gasteiger partial charge is 0.393 e. The molecule has 2 N–H and O–H groups in total. The number of β-amino-alcohol motifs (C(OH)–C–C–N with tert-alkyl or cyclic N) is 1. The molecule has 1 saturated heterocycles. The van der Waals surface area contributed by atoms with Crippen molar-refractivity contribution in [1.82, 2.24) is 14.7 Å². The molecule has 0 amide bonds. The highest BCUT2D eigenvalue weighted by atomic mass is 16.3. The van der Waals surface area contributed by atoms with Crippen LogP contribution in [-0.4, -0.2) is 63.3 Å². The van der Waals surface area contributed by atoms with Crippen molar-refractivity contribution in [3.05, 3.63) is 70.0 Å². The molecule has 2 aromatic carbocycles. The molecule has 0 spiro atoms. The van der Waals surface area contributed by atoms with Crippen LogP contribution in [0.25, 0.3) is 10.8 Å².